The van der Waals surface area contributed by atoms with Gasteiger partial charge in [-0.1, -0.05) is 54.1 Å². The van der Waals surface area contributed by atoms with E-state index in [1.54, 1.807) is 0 Å². The minimum atomic E-state index is 0.105. The highest BCUT2D eigenvalue weighted by molar-refractivity contribution is 5.40. The van der Waals surface area contributed by atoms with E-state index < -0.39 is 0 Å². The molecule has 0 fully saturated rings. The van der Waals surface area contributed by atoms with E-state index in [9.17, 15) is 0 Å². The van der Waals surface area contributed by atoms with Crippen molar-refractivity contribution in [3.63, 3.8) is 0 Å². The molecule has 0 aromatic heterocycles. The van der Waals surface area contributed by atoms with E-state index in [0.717, 1.165) is 0 Å². The molecule has 0 bridgehead atoms. The third-order valence-electron chi connectivity index (χ3n) is 3.44. The number of nitrogens with two attached hydrogens (primary N) is 1. The molecule has 0 radical (unpaired) electrons. The van der Waals surface area contributed by atoms with Crippen molar-refractivity contribution in [2.45, 2.75) is 32.7 Å². The minimum absolute atomic E-state index is 0.105. The highest BCUT2D eigenvalue weighted by Gasteiger charge is 2.19. The van der Waals surface area contributed by atoms with Crippen molar-refractivity contribution in [1.82, 2.24) is 0 Å². The summed E-state index contributed by atoms with van der Waals surface area (Å²) in [7, 11) is 0. The average Bonchev–Trinajstić information content (AvgIpc) is 2.33. The molecule has 94 valence electrons. The Morgan fingerprint density at radius 1 is 0.944 bits per heavy atom. The van der Waals surface area contributed by atoms with Crippen LogP contribution in [0.25, 0.3) is 0 Å². The summed E-state index contributed by atoms with van der Waals surface area (Å²) in [5, 5.41) is 0. The Hall–Kier alpha value is -1.60. The predicted octanol–water partition coefficient (Wildman–Crippen LogP) is 3.78. The molecule has 2 N–H and O–H groups in total. The van der Waals surface area contributed by atoms with Crippen LogP contribution in [0.3, 0.4) is 0 Å². The fraction of sp³-hybridized carbons (Fsp3) is 0.294. The Bertz CT molecular complexity index is 514. The second-order valence-electron chi connectivity index (χ2n) is 5.11. The number of aryl methyl sites for hydroxylation is 2. The third-order valence-corrected chi connectivity index (χ3v) is 3.44. The zero-order chi connectivity index (χ0) is 13.1. The summed E-state index contributed by atoms with van der Waals surface area (Å²) in [4.78, 5) is 0. The molecule has 0 saturated heterocycles. The topological polar surface area (TPSA) is 26.0 Å². The van der Waals surface area contributed by atoms with Gasteiger partial charge in [-0.15, -0.1) is 0 Å². The first kappa shape index (κ1) is 12.8. The molecular formula is C17H21N. The first-order valence-electron chi connectivity index (χ1n) is 6.47. The van der Waals surface area contributed by atoms with Crippen LogP contribution in [0.5, 0.6) is 0 Å². The molecule has 0 amide bonds. The van der Waals surface area contributed by atoms with Crippen molar-refractivity contribution >= 4 is 0 Å². The normalized spacial score (nSPS) is 14.2. The lowest BCUT2D eigenvalue weighted by atomic mass is 9.83. The van der Waals surface area contributed by atoms with Gasteiger partial charge < -0.3 is 5.73 Å². The third kappa shape index (κ3) is 2.62. The maximum Gasteiger partial charge on any atom is 0.0241 e. The summed E-state index contributed by atoms with van der Waals surface area (Å²) < 4.78 is 0. The van der Waals surface area contributed by atoms with Crippen LogP contribution in [0.15, 0.2) is 48.5 Å². The van der Waals surface area contributed by atoms with Crippen LogP contribution in [-0.4, -0.2) is 6.04 Å². The van der Waals surface area contributed by atoms with Gasteiger partial charge in [-0.3, -0.25) is 0 Å². The summed E-state index contributed by atoms with van der Waals surface area (Å²) in [5.74, 6) is 0.270. The summed E-state index contributed by atoms with van der Waals surface area (Å²) in [6.07, 6.45) is 0. The number of rotatable bonds is 3. The number of benzene rings is 2. The lowest BCUT2D eigenvalue weighted by Gasteiger charge is -2.24. The number of hydrogen-bond acceptors (Lipinski definition) is 1. The van der Waals surface area contributed by atoms with Crippen LogP contribution >= 0.6 is 0 Å². The minimum Gasteiger partial charge on any atom is -0.327 e. The largest absolute Gasteiger partial charge is 0.327 e. The van der Waals surface area contributed by atoms with Crippen LogP contribution in [0, 0.1) is 13.8 Å². The molecule has 18 heavy (non-hydrogen) atoms. The summed E-state index contributed by atoms with van der Waals surface area (Å²) in [6, 6.07) is 17.2. The molecule has 2 unspecified atom stereocenters. The zero-order valence-electron chi connectivity index (χ0n) is 11.4. The molecule has 1 heteroatoms. The van der Waals surface area contributed by atoms with E-state index in [1.165, 1.54) is 22.3 Å². The Labute approximate surface area is 110 Å². The molecule has 0 aliphatic rings. The fourth-order valence-electron chi connectivity index (χ4n) is 2.60. The van der Waals surface area contributed by atoms with Gasteiger partial charge in [0.15, 0.2) is 0 Å². The van der Waals surface area contributed by atoms with Gasteiger partial charge in [-0.05, 0) is 37.5 Å². The standard InChI is InChI=1S/C17H21N/c1-12-9-10-16(13(2)11-12)17(14(3)18)15-7-5-4-6-8-15/h4-11,14,17H,18H2,1-3H3. The van der Waals surface area contributed by atoms with Gasteiger partial charge in [0.25, 0.3) is 0 Å². The van der Waals surface area contributed by atoms with Gasteiger partial charge in [0.2, 0.25) is 0 Å². The molecule has 0 aliphatic heterocycles. The smallest absolute Gasteiger partial charge is 0.0241 e. The van der Waals surface area contributed by atoms with Crippen LogP contribution < -0.4 is 5.73 Å². The zero-order valence-corrected chi connectivity index (χ0v) is 11.4. The van der Waals surface area contributed by atoms with Crippen LogP contribution in [0.4, 0.5) is 0 Å². The highest BCUT2D eigenvalue weighted by Crippen LogP contribution is 2.29. The molecule has 2 aromatic carbocycles. The van der Waals surface area contributed by atoms with Crippen molar-refractivity contribution in [2.75, 3.05) is 0 Å². The number of hydrogen-bond donors (Lipinski definition) is 1. The summed E-state index contributed by atoms with van der Waals surface area (Å²) in [6.45, 7) is 6.37. The molecule has 1 nitrogen and oxygen atoms in total. The monoisotopic (exact) mass is 239 g/mol. The maximum absolute atomic E-state index is 6.21. The molecule has 0 heterocycles. The molecule has 2 rings (SSSR count). The lowest BCUT2D eigenvalue weighted by Crippen LogP contribution is -2.26. The van der Waals surface area contributed by atoms with Crippen molar-refractivity contribution < 1.29 is 0 Å². The highest BCUT2D eigenvalue weighted by atomic mass is 14.6. The van der Waals surface area contributed by atoms with Crippen LogP contribution in [0.1, 0.15) is 35.1 Å². The average molecular weight is 239 g/mol. The van der Waals surface area contributed by atoms with Gasteiger partial charge in [0.1, 0.15) is 0 Å². The first-order valence-corrected chi connectivity index (χ1v) is 6.47. The second kappa shape index (κ2) is 5.36. The second-order valence-corrected chi connectivity index (χ2v) is 5.11. The Morgan fingerprint density at radius 2 is 1.61 bits per heavy atom. The summed E-state index contributed by atoms with van der Waals surface area (Å²) in [5.41, 5.74) is 11.5. The van der Waals surface area contributed by atoms with Crippen LogP contribution in [0.2, 0.25) is 0 Å². The van der Waals surface area contributed by atoms with Gasteiger partial charge >= 0.3 is 0 Å². The van der Waals surface area contributed by atoms with E-state index in [1.807, 2.05) is 6.07 Å². The Kier molecular flexibility index (Phi) is 3.83. The quantitative estimate of drug-likeness (QED) is 0.866. The van der Waals surface area contributed by atoms with Crippen molar-refractivity contribution in [1.29, 1.82) is 0 Å². The maximum atomic E-state index is 6.21. The predicted molar refractivity (Wildman–Crippen MR) is 77.9 cm³/mol. The molecule has 2 aromatic rings. The van der Waals surface area contributed by atoms with Gasteiger partial charge in [-0.25, -0.2) is 0 Å². The van der Waals surface area contributed by atoms with Gasteiger partial charge in [0.05, 0.1) is 0 Å². The molecule has 2 atom stereocenters. The van der Waals surface area contributed by atoms with Gasteiger partial charge in [0, 0.05) is 12.0 Å². The van der Waals surface area contributed by atoms with E-state index in [4.69, 9.17) is 5.73 Å². The molecule has 0 spiro atoms. The molecule has 0 aliphatic carbocycles. The van der Waals surface area contributed by atoms with Crippen molar-refractivity contribution in [2.24, 2.45) is 5.73 Å². The molecule has 0 saturated carbocycles. The SMILES string of the molecule is Cc1ccc(C(c2ccccc2)C(C)N)c(C)c1. The van der Waals surface area contributed by atoms with Gasteiger partial charge in [-0.2, -0.15) is 0 Å². The Morgan fingerprint density at radius 3 is 2.17 bits per heavy atom. The van der Waals surface area contributed by atoms with Crippen molar-refractivity contribution in [3.05, 3.63) is 70.8 Å². The van der Waals surface area contributed by atoms with E-state index in [-0.39, 0.29) is 12.0 Å². The van der Waals surface area contributed by atoms with Crippen LogP contribution in [-0.2, 0) is 0 Å². The lowest BCUT2D eigenvalue weighted by molar-refractivity contribution is 0.642. The first-order chi connectivity index (χ1) is 8.59. The molecular weight excluding hydrogens is 218 g/mol. The Balaban J connectivity index is 2.49. The fourth-order valence-corrected chi connectivity index (χ4v) is 2.60. The van der Waals surface area contributed by atoms with E-state index in [0.29, 0.717) is 0 Å². The van der Waals surface area contributed by atoms with E-state index in [2.05, 4.69) is 63.2 Å². The summed E-state index contributed by atoms with van der Waals surface area (Å²) >= 11 is 0. The van der Waals surface area contributed by atoms with Crippen molar-refractivity contribution in [3.8, 4) is 0 Å². The van der Waals surface area contributed by atoms with E-state index >= 15 is 0 Å².